The predicted octanol–water partition coefficient (Wildman–Crippen LogP) is 2.45. The Labute approximate surface area is 97.6 Å². The van der Waals surface area contributed by atoms with Crippen molar-refractivity contribution in [3.05, 3.63) is 22.2 Å². The molecule has 0 spiro atoms. The summed E-state index contributed by atoms with van der Waals surface area (Å²) in [5.41, 5.74) is 7.12. The first-order valence-corrected chi connectivity index (χ1v) is 6.30. The summed E-state index contributed by atoms with van der Waals surface area (Å²) in [4.78, 5) is 9.00. The van der Waals surface area contributed by atoms with E-state index in [9.17, 15) is 0 Å². The normalized spacial score (nSPS) is 23.6. The molecular weight excluding hydrogens is 254 g/mol. The lowest BCUT2D eigenvalue weighted by molar-refractivity contribution is 0.244. The van der Waals surface area contributed by atoms with E-state index in [-0.39, 0.29) is 5.54 Å². The maximum Gasteiger partial charge on any atom is 0.131 e. The molecule has 1 aromatic heterocycles. The fourth-order valence-corrected chi connectivity index (χ4v) is 2.65. The zero-order valence-electron chi connectivity index (χ0n) is 8.54. The number of nitrogens with zero attached hydrogens (tertiary/aromatic N) is 2. The Hall–Kier alpha value is -0.480. The highest BCUT2D eigenvalue weighted by Gasteiger charge is 2.38. The third kappa shape index (κ3) is 1.60. The van der Waals surface area contributed by atoms with E-state index in [4.69, 9.17) is 5.73 Å². The van der Waals surface area contributed by atoms with E-state index in [1.54, 1.807) is 0 Å². The number of hydrogen-bond donors (Lipinski definition) is 1. The van der Waals surface area contributed by atoms with E-state index in [1.165, 1.54) is 19.3 Å². The highest BCUT2D eigenvalue weighted by Crippen LogP contribution is 2.43. The van der Waals surface area contributed by atoms with Crippen LogP contribution in [0.4, 0.5) is 0 Å². The molecule has 0 amide bonds. The van der Waals surface area contributed by atoms with Crippen molar-refractivity contribution in [1.29, 1.82) is 0 Å². The average Bonchev–Trinajstić information content (AvgIpc) is 2.98. The number of halogens is 1. The molecule has 3 nitrogen and oxygen atoms in total. The first-order valence-electron chi connectivity index (χ1n) is 5.51. The van der Waals surface area contributed by atoms with Crippen LogP contribution in [0.3, 0.4) is 0 Å². The smallest absolute Gasteiger partial charge is 0.131 e. The van der Waals surface area contributed by atoms with Gasteiger partial charge in [-0.1, -0.05) is 0 Å². The second kappa shape index (κ2) is 3.25. The third-order valence-corrected chi connectivity index (χ3v) is 4.00. The number of aromatic nitrogens is 2. The molecule has 2 fully saturated rings. The van der Waals surface area contributed by atoms with Gasteiger partial charge >= 0.3 is 0 Å². The van der Waals surface area contributed by atoms with Gasteiger partial charge in [-0.25, -0.2) is 9.97 Å². The van der Waals surface area contributed by atoms with Crippen molar-refractivity contribution in [2.24, 2.45) is 5.73 Å². The van der Waals surface area contributed by atoms with Gasteiger partial charge in [-0.05, 0) is 48.0 Å². The molecule has 0 saturated heterocycles. The fraction of sp³-hybridized carbons (Fsp3) is 0.636. The van der Waals surface area contributed by atoms with Crippen molar-refractivity contribution in [3.8, 4) is 0 Å². The highest BCUT2D eigenvalue weighted by atomic mass is 79.9. The Bertz CT molecular complexity index is 397. The molecular formula is C11H14BrN3. The Morgan fingerprint density at radius 3 is 2.67 bits per heavy atom. The predicted molar refractivity (Wildman–Crippen MR) is 61.4 cm³/mol. The van der Waals surface area contributed by atoms with Gasteiger partial charge in [0.25, 0.3) is 0 Å². The van der Waals surface area contributed by atoms with Crippen molar-refractivity contribution in [2.75, 3.05) is 0 Å². The molecule has 0 bridgehead atoms. The van der Waals surface area contributed by atoms with Crippen LogP contribution in [-0.2, 0) is 5.54 Å². The summed E-state index contributed by atoms with van der Waals surface area (Å²) < 4.78 is 0.967. The van der Waals surface area contributed by atoms with Crippen LogP contribution in [0.5, 0.6) is 0 Å². The molecule has 0 radical (unpaired) electrons. The largest absolute Gasteiger partial charge is 0.320 e. The summed E-state index contributed by atoms with van der Waals surface area (Å²) >= 11 is 3.51. The summed E-state index contributed by atoms with van der Waals surface area (Å²) in [5, 5.41) is 0. The standard InChI is InChI=1S/C11H14BrN3/c12-8-6-14-10(7-2-3-7)15-9(8)11(13)4-1-5-11/h6-7H,1-5,13H2. The summed E-state index contributed by atoms with van der Waals surface area (Å²) in [6, 6.07) is 0. The zero-order valence-corrected chi connectivity index (χ0v) is 10.1. The maximum atomic E-state index is 6.29. The van der Waals surface area contributed by atoms with Gasteiger partial charge in [-0.2, -0.15) is 0 Å². The molecule has 0 unspecified atom stereocenters. The van der Waals surface area contributed by atoms with Gasteiger partial charge in [0.2, 0.25) is 0 Å². The summed E-state index contributed by atoms with van der Waals surface area (Å²) in [7, 11) is 0. The van der Waals surface area contributed by atoms with Crippen molar-refractivity contribution in [1.82, 2.24) is 9.97 Å². The Morgan fingerprint density at radius 1 is 1.40 bits per heavy atom. The van der Waals surface area contributed by atoms with Gasteiger partial charge in [-0.15, -0.1) is 0 Å². The molecule has 1 heterocycles. The Morgan fingerprint density at radius 2 is 2.13 bits per heavy atom. The zero-order chi connectivity index (χ0) is 10.5. The second-order valence-corrected chi connectivity index (χ2v) is 5.56. The lowest BCUT2D eigenvalue weighted by Gasteiger charge is -2.38. The van der Waals surface area contributed by atoms with E-state index in [2.05, 4.69) is 25.9 Å². The fourth-order valence-electron chi connectivity index (χ4n) is 2.06. The molecule has 2 saturated carbocycles. The minimum absolute atomic E-state index is 0.189. The first kappa shape index (κ1) is 9.73. The summed E-state index contributed by atoms with van der Waals surface area (Å²) in [6.07, 6.45) is 7.64. The van der Waals surface area contributed by atoms with Gasteiger partial charge in [-0.3, -0.25) is 0 Å². The van der Waals surface area contributed by atoms with Crippen LogP contribution in [0.2, 0.25) is 0 Å². The molecule has 3 rings (SSSR count). The SMILES string of the molecule is NC1(c2nc(C3CC3)ncc2Br)CCC1. The van der Waals surface area contributed by atoms with Gasteiger partial charge in [0.1, 0.15) is 5.82 Å². The van der Waals surface area contributed by atoms with E-state index in [0.29, 0.717) is 5.92 Å². The van der Waals surface area contributed by atoms with Gasteiger partial charge in [0, 0.05) is 12.1 Å². The van der Waals surface area contributed by atoms with Crippen LogP contribution < -0.4 is 5.73 Å². The number of nitrogens with two attached hydrogens (primary N) is 1. The molecule has 2 aliphatic carbocycles. The Balaban J connectivity index is 2.00. The minimum Gasteiger partial charge on any atom is -0.320 e. The first-order chi connectivity index (χ1) is 7.19. The Kier molecular flexibility index (Phi) is 2.11. The van der Waals surface area contributed by atoms with E-state index >= 15 is 0 Å². The second-order valence-electron chi connectivity index (χ2n) is 4.71. The van der Waals surface area contributed by atoms with Crippen molar-refractivity contribution in [3.63, 3.8) is 0 Å². The van der Waals surface area contributed by atoms with Crippen LogP contribution in [0.1, 0.15) is 49.5 Å². The third-order valence-electron chi connectivity index (χ3n) is 3.42. The molecule has 80 valence electrons. The highest BCUT2D eigenvalue weighted by molar-refractivity contribution is 9.10. The molecule has 2 aliphatic rings. The van der Waals surface area contributed by atoms with Gasteiger partial charge in [0.15, 0.2) is 0 Å². The number of rotatable bonds is 2. The van der Waals surface area contributed by atoms with E-state index in [1.807, 2.05) is 6.20 Å². The van der Waals surface area contributed by atoms with Crippen molar-refractivity contribution >= 4 is 15.9 Å². The number of hydrogen-bond acceptors (Lipinski definition) is 3. The molecule has 15 heavy (non-hydrogen) atoms. The van der Waals surface area contributed by atoms with Crippen LogP contribution in [0, 0.1) is 0 Å². The van der Waals surface area contributed by atoms with Gasteiger partial charge in [0.05, 0.1) is 15.7 Å². The lowest BCUT2D eigenvalue weighted by atomic mass is 9.75. The molecule has 0 aliphatic heterocycles. The van der Waals surface area contributed by atoms with Crippen LogP contribution in [0.15, 0.2) is 10.7 Å². The molecule has 0 atom stereocenters. The molecule has 2 N–H and O–H groups in total. The van der Waals surface area contributed by atoms with Crippen LogP contribution >= 0.6 is 15.9 Å². The topological polar surface area (TPSA) is 51.8 Å². The minimum atomic E-state index is -0.189. The molecule has 4 heteroatoms. The van der Waals surface area contributed by atoms with Crippen LogP contribution in [-0.4, -0.2) is 9.97 Å². The van der Waals surface area contributed by atoms with Crippen molar-refractivity contribution in [2.45, 2.75) is 43.6 Å². The van der Waals surface area contributed by atoms with Crippen LogP contribution in [0.25, 0.3) is 0 Å². The average molecular weight is 268 g/mol. The van der Waals surface area contributed by atoms with E-state index in [0.717, 1.165) is 28.8 Å². The summed E-state index contributed by atoms with van der Waals surface area (Å²) in [6.45, 7) is 0. The van der Waals surface area contributed by atoms with E-state index < -0.39 is 0 Å². The quantitative estimate of drug-likeness (QED) is 0.896. The summed E-state index contributed by atoms with van der Waals surface area (Å²) in [5.74, 6) is 1.59. The van der Waals surface area contributed by atoms with Crippen molar-refractivity contribution < 1.29 is 0 Å². The molecule has 1 aromatic rings. The monoisotopic (exact) mass is 267 g/mol. The maximum absolute atomic E-state index is 6.29. The van der Waals surface area contributed by atoms with Gasteiger partial charge < -0.3 is 5.73 Å². The lowest BCUT2D eigenvalue weighted by Crippen LogP contribution is -2.44. The molecule has 0 aromatic carbocycles.